The van der Waals surface area contributed by atoms with Crippen LogP contribution < -0.4 is 4.90 Å². The van der Waals surface area contributed by atoms with Crippen molar-refractivity contribution < 1.29 is 9.69 Å². The normalized spacial score (nSPS) is 15.7. The summed E-state index contributed by atoms with van der Waals surface area (Å²) >= 11 is 9.44. The van der Waals surface area contributed by atoms with E-state index in [0.29, 0.717) is 10.6 Å². The lowest BCUT2D eigenvalue weighted by atomic mass is 10.1. The van der Waals surface area contributed by atoms with Crippen LogP contribution in [0.3, 0.4) is 0 Å². The molecule has 0 spiro atoms. The van der Waals surface area contributed by atoms with Gasteiger partial charge in [0, 0.05) is 20.6 Å². The highest BCUT2D eigenvalue weighted by Gasteiger charge is 2.24. The minimum absolute atomic E-state index is 0.0789. The third kappa shape index (κ3) is 4.34. The van der Waals surface area contributed by atoms with Crippen molar-refractivity contribution in [3.63, 3.8) is 0 Å². The molecule has 2 aromatic carbocycles. The second-order valence-corrected chi connectivity index (χ2v) is 7.21. The van der Waals surface area contributed by atoms with E-state index in [4.69, 9.17) is 11.6 Å². The number of halogens is 2. The Bertz CT molecular complexity index is 682. The fraction of sp³-hybridized carbons (Fsp3) is 0.278. The van der Waals surface area contributed by atoms with Gasteiger partial charge in [-0.2, -0.15) is 0 Å². The third-order valence-corrected chi connectivity index (χ3v) is 4.96. The van der Waals surface area contributed by atoms with Crippen molar-refractivity contribution in [3.05, 3.63) is 69.2 Å². The molecule has 0 unspecified atom stereocenters. The van der Waals surface area contributed by atoms with E-state index < -0.39 is 0 Å². The summed E-state index contributed by atoms with van der Waals surface area (Å²) in [6, 6.07) is 15.6. The number of hydrogen-bond acceptors (Lipinski definition) is 1. The van der Waals surface area contributed by atoms with Gasteiger partial charge in [0.1, 0.15) is 6.54 Å². The summed E-state index contributed by atoms with van der Waals surface area (Å²) in [5.41, 5.74) is 2.01. The number of benzene rings is 2. The summed E-state index contributed by atoms with van der Waals surface area (Å²) in [5.74, 6) is 0.0789. The van der Waals surface area contributed by atoms with Gasteiger partial charge in [0.25, 0.3) is 5.91 Å². The van der Waals surface area contributed by atoms with E-state index in [0.717, 1.165) is 37.2 Å². The van der Waals surface area contributed by atoms with Gasteiger partial charge in [0.15, 0.2) is 0 Å². The van der Waals surface area contributed by atoms with Crippen molar-refractivity contribution in [3.8, 4) is 0 Å². The van der Waals surface area contributed by atoms with E-state index in [9.17, 15) is 4.79 Å². The largest absolute Gasteiger partial charge is 0.328 e. The zero-order chi connectivity index (χ0) is 16.2. The van der Waals surface area contributed by atoms with E-state index in [1.165, 1.54) is 10.5 Å². The molecule has 1 aliphatic heterocycles. The Kier molecular flexibility index (Phi) is 5.36. The maximum absolute atomic E-state index is 12.5. The molecule has 5 heteroatoms. The number of piperazine rings is 1. The highest BCUT2D eigenvalue weighted by atomic mass is 79.9. The maximum Gasteiger partial charge on any atom is 0.254 e. The van der Waals surface area contributed by atoms with E-state index in [2.05, 4.69) is 40.2 Å². The molecule has 0 bridgehead atoms. The van der Waals surface area contributed by atoms with Crippen molar-refractivity contribution in [2.45, 2.75) is 6.54 Å². The second-order valence-electron chi connectivity index (χ2n) is 5.86. The molecule has 3 rings (SSSR count). The van der Waals surface area contributed by atoms with Crippen LogP contribution in [0.5, 0.6) is 0 Å². The first-order valence-corrected chi connectivity index (χ1v) is 8.92. The Hall–Kier alpha value is -1.36. The summed E-state index contributed by atoms with van der Waals surface area (Å²) in [4.78, 5) is 16.0. The topological polar surface area (TPSA) is 24.8 Å². The standard InChI is InChI=1S/C18H18BrClN2O/c19-16-6-4-14(5-7-16)13-21-8-10-22(11-9-21)18(23)15-2-1-3-17(20)12-15/h1-7,12H,8-11,13H2/p+1. The van der Waals surface area contributed by atoms with Crippen LogP contribution in [-0.4, -0.2) is 37.0 Å². The molecule has 1 amide bonds. The predicted molar refractivity (Wildman–Crippen MR) is 95.9 cm³/mol. The number of hydrogen-bond donors (Lipinski definition) is 1. The Morgan fingerprint density at radius 3 is 2.48 bits per heavy atom. The van der Waals surface area contributed by atoms with Gasteiger partial charge in [0.05, 0.1) is 26.2 Å². The zero-order valence-corrected chi connectivity index (χ0v) is 15.1. The quantitative estimate of drug-likeness (QED) is 0.850. The van der Waals surface area contributed by atoms with Crippen molar-refractivity contribution in [2.75, 3.05) is 26.2 Å². The number of quaternary nitrogens is 1. The van der Waals surface area contributed by atoms with Crippen LogP contribution in [0.25, 0.3) is 0 Å². The van der Waals surface area contributed by atoms with Crippen LogP contribution in [0.2, 0.25) is 5.02 Å². The van der Waals surface area contributed by atoms with Crippen LogP contribution in [0, 0.1) is 0 Å². The highest BCUT2D eigenvalue weighted by Crippen LogP contribution is 2.13. The average Bonchev–Trinajstić information content (AvgIpc) is 2.57. The molecule has 1 N–H and O–H groups in total. The highest BCUT2D eigenvalue weighted by molar-refractivity contribution is 9.10. The van der Waals surface area contributed by atoms with E-state index in [1.54, 1.807) is 12.1 Å². The fourth-order valence-corrected chi connectivity index (χ4v) is 3.35. The van der Waals surface area contributed by atoms with E-state index >= 15 is 0 Å². The van der Waals surface area contributed by atoms with Gasteiger partial charge in [-0.25, -0.2) is 0 Å². The smallest absolute Gasteiger partial charge is 0.254 e. The summed E-state index contributed by atoms with van der Waals surface area (Å²) in [6.45, 7) is 4.53. The zero-order valence-electron chi connectivity index (χ0n) is 12.8. The van der Waals surface area contributed by atoms with Gasteiger partial charge >= 0.3 is 0 Å². The molecule has 0 aromatic heterocycles. The van der Waals surface area contributed by atoms with Crippen LogP contribution in [0.4, 0.5) is 0 Å². The van der Waals surface area contributed by atoms with Crippen LogP contribution in [-0.2, 0) is 6.54 Å². The second kappa shape index (κ2) is 7.47. The van der Waals surface area contributed by atoms with Crippen LogP contribution in [0.1, 0.15) is 15.9 Å². The van der Waals surface area contributed by atoms with E-state index in [1.807, 2.05) is 17.0 Å². The Morgan fingerprint density at radius 1 is 1.13 bits per heavy atom. The molecule has 120 valence electrons. The number of amides is 1. The molecular weight excluding hydrogens is 376 g/mol. The molecule has 1 heterocycles. The molecule has 23 heavy (non-hydrogen) atoms. The first kappa shape index (κ1) is 16.5. The number of carbonyl (C=O) groups is 1. The number of nitrogens with zero attached hydrogens (tertiary/aromatic N) is 1. The molecule has 2 aromatic rings. The molecule has 1 saturated heterocycles. The predicted octanol–water partition coefficient (Wildman–Crippen LogP) is 2.64. The summed E-state index contributed by atoms with van der Waals surface area (Å²) in [5, 5.41) is 0.607. The van der Waals surface area contributed by atoms with Crippen molar-refractivity contribution >= 4 is 33.4 Å². The van der Waals surface area contributed by atoms with Crippen LogP contribution >= 0.6 is 27.5 Å². The molecular formula is C18H19BrClN2O+. The van der Waals surface area contributed by atoms with Crippen molar-refractivity contribution in [2.24, 2.45) is 0 Å². The van der Waals surface area contributed by atoms with E-state index in [-0.39, 0.29) is 5.91 Å². The van der Waals surface area contributed by atoms with Crippen molar-refractivity contribution in [1.29, 1.82) is 0 Å². The molecule has 1 fully saturated rings. The third-order valence-electron chi connectivity index (χ3n) is 4.20. The fourth-order valence-electron chi connectivity index (χ4n) is 2.90. The maximum atomic E-state index is 12.5. The first-order chi connectivity index (χ1) is 11.1. The van der Waals surface area contributed by atoms with Gasteiger partial charge in [0.2, 0.25) is 0 Å². The lowest BCUT2D eigenvalue weighted by molar-refractivity contribution is -0.917. The van der Waals surface area contributed by atoms with Gasteiger partial charge in [-0.15, -0.1) is 0 Å². The summed E-state index contributed by atoms with van der Waals surface area (Å²) in [7, 11) is 0. The lowest BCUT2D eigenvalue weighted by Gasteiger charge is -2.32. The average molecular weight is 395 g/mol. The molecule has 0 saturated carbocycles. The van der Waals surface area contributed by atoms with Gasteiger partial charge in [-0.3, -0.25) is 4.79 Å². The minimum atomic E-state index is 0.0789. The minimum Gasteiger partial charge on any atom is -0.328 e. The molecule has 3 nitrogen and oxygen atoms in total. The summed E-state index contributed by atoms with van der Waals surface area (Å²) < 4.78 is 1.10. The number of rotatable bonds is 3. The Balaban J connectivity index is 1.55. The molecule has 0 radical (unpaired) electrons. The van der Waals surface area contributed by atoms with Crippen LogP contribution in [0.15, 0.2) is 53.0 Å². The number of nitrogens with one attached hydrogen (secondary N) is 1. The lowest BCUT2D eigenvalue weighted by Crippen LogP contribution is -3.13. The molecule has 0 atom stereocenters. The Morgan fingerprint density at radius 2 is 1.83 bits per heavy atom. The Labute approximate surface area is 150 Å². The first-order valence-electron chi connectivity index (χ1n) is 7.75. The number of carbonyl (C=O) groups excluding carboxylic acids is 1. The molecule has 0 aliphatic carbocycles. The monoisotopic (exact) mass is 393 g/mol. The van der Waals surface area contributed by atoms with Crippen molar-refractivity contribution in [1.82, 2.24) is 4.90 Å². The summed E-state index contributed by atoms with van der Waals surface area (Å²) in [6.07, 6.45) is 0. The van der Waals surface area contributed by atoms with Gasteiger partial charge in [-0.1, -0.05) is 45.7 Å². The van der Waals surface area contributed by atoms with Gasteiger partial charge in [-0.05, 0) is 30.3 Å². The molecule has 1 aliphatic rings. The SMILES string of the molecule is O=C(c1cccc(Cl)c1)N1CC[NH+](Cc2ccc(Br)cc2)CC1. The van der Waals surface area contributed by atoms with Gasteiger partial charge < -0.3 is 9.80 Å².